The number of rotatable bonds is 2. The standard InChI is InChI=1S/C10H11BrOS/c1-10(6-7-10)13(12)9-4-2-8(11)3-5-9/h2-5H,6-7H2,1H3. The smallest absolute Gasteiger partial charge is 0.153 e. The summed E-state index contributed by atoms with van der Waals surface area (Å²) in [7, 11) is 0. The third-order valence-corrected chi connectivity index (χ3v) is 4.96. The van der Waals surface area contributed by atoms with Crippen LogP contribution in [0.2, 0.25) is 0 Å². The minimum absolute atomic E-state index is 0.0633. The van der Waals surface area contributed by atoms with Gasteiger partial charge in [0.05, 0.1) is 0 Å². The zero-order valence-electron chi connectivity index (χ0n) is 7.42. The van der Waals surface area contributed by atoms with E-state index in [1.165, 1.54) is 0 Å². The molecule has 1 fully saturated rings. The fourth-order valence-electron chi connectivity index (χ4n) is 1.20. The Balaban J connectivity index is 2.20. The van der Waals surface area contributed by atoms with E-state index in [0.717, 1.165) is 22.2 Å². The highest BCUT2D eigenvalue weighted by Crippen LogP contribution is 2.46. The lowest BCUT2D eigenvalue weighted by Crippen LogP contribution is -2.18. The van der Waals surface area contributed by atoms with Crippen molar-refractivity contribution >= 4 is 27.1 Å². The molecule has 1 saturated carbocycles. The fourth-order valence-corrected chi connectivity index (χ4v) is 2.89. The summed E-state index contributed by atoms with van der Waals surface area (Å²) in [5.74, 6) is 0. The van der Waals surface area contributed by atoms with Gasteiger partial charge >= 0.3 is 0 Å². The highest BCUT2D eigenvalue weighted by atomic mass is 79.9. The van der Waals surface area contributed by atoms with Crippen LogP contribution in [-0.4, -0.2) is 9.30 Å². The van der Waals surface area contributed by atoms with Crippen LogP contribution >= 0.6 is 15.9 Å². The SMILES string of the molecule is CC1([S+]([O-])c2ccc(Br)cc2)CC1. The predicted octanol–water partition coefficient (Wildman–Crippen LogP) is 3.11. The minimum Gasteiger partial charge on any atom is -0.611 e. The first-order valence-electron chi connectivity index (χ1n) is 4.29. The van der Waals surface area contributed by atoms with E-state index < -0.39 is 11.2 Å². The van der Waals surface area contributed by atoms with Gasteiger partial charge in [-0.2, -0.15) is 0 Å². The third-order valence-electron chi connectivity index (χ3n) is 2.43. The molecule has 0 heterocycles. The fraction of sp³-hybridized carbons (Fsp3) is 0.400. The van der Waals surface area contributed by atoms with Crippen LogP contribution in [0.5, 0.6) is 0 Å². The summed E-state index contributed by atoms with van der Waals surface area (Å²) in [6, 6.07) is 7.76. The maximum absolute atomic E-state index is 11.9. The van der Waals surface area contributed by atoms with Crippen molar-refractivity contribution in [2.45, 2.75) is 29.4 Å². The van der Waals surface area contributed by atoms with Crippen molar-refractivity contribution < 1.29 is 4.55 Å². The molecule has 1 unspecified atom stereocenters. The lowest BCUT2D eigenvalue weighted by atomic mass is 10.4. The maximum Gasteiger partial charge on any atom is 0.153 e. The quantitative estimate of drug-likeness (QED) is 0.748. The molecule has 13 heavy (non-hydrogen) atoms. The van der Waals surface area contributed by atoms with E-state index >= 15 is 0 Å². The highest BCUT2D eigenvalue weighted by Gasteiger charge is 2.50. The minimum atomic E-state index is -0.819. The summed E-state index contributed by atoms with van der Waals surface area (Å²) in [5.41, 5.74) is 0. The Kier molecular flexibility index (Phi) is 2.43. The van der Waals surface area contributed by atoms with Crippen molar-refractivity contribution in [2.75, 3.05) is 0 Å². The van der Waals surface area contributed by atoms with Crippen LogP contribution in [0.4, 0.5) is 0 Å². The topological polar surface area (TPSA) is 23.1 Å². The van der Waals surface area contributed by atoms with Crippen LogP contribution in [-0.2, 0) is 11.2 Å². The molecular weight excluding hydrogens is 248 g/mol. The van der Waals surface area contributed by atoms with Crippen LogP contribution in [0.15, 0.2) is 33.6 Å². The van der Waals surface area contributed by atoms with Crippen molar-refractivity contribution in [1.82, 2.24) is 0 Å². The average Bonchev–Trinajstić information content (AvgIpc) is 2.85. The number of hydrogen-bond acceptors (Lipinski definition) is 1. The Labute approximate surface area is 89.8 Å². The van der Waals surface area contributed by atoms with Gasteiger partial charge in [-0.05, 0) is 42.4 Å². The Bertz CT molecular complexity index is 305. The number of halogens is 1. The average molecular weight is 259 g/mol. The van der Waals surface area contributed by atoms with E-state index in [-0.39, 0.29) is 4.75 Å². The zero-order chi connectivity index (χ0) is 9.47. The maximum atomic E-state index is 11.9. The van der Waals surface area contributed by atoms with Gasteiger partial charge in [-0.3, -0.25) is 0 Å². The van der Waals surface area contributed by atoms with Gasteiger partial charge in [-0.25, -0.2) is 0 Å². The summed E-state index contributed by atoms with van der Waals surface area (Å²) in [5, 5.41) is 0. The molecule has 1 aliphatic carbocycles. The van der Waals surface area contributed by atoms with Crippen molar-refractivity contribution in [3.8, 4) is 0 Å². The second-order valence-electron chi connectivity index (χ2n) is 3.67. The second kappa shape index (κ2) is 3.30. The van der Waals surface area contributed by atoms with Gasteiger partial charge in [0.2, 0.25) is 0 Å². The summed E-state index contributed by atoms with van der Waals surface area (Å²) in [6.45, 7) is 2.09. The van der Waals surface area contributed by atoms with Crippen LogP contribution in [0, 0.1) is 0 Å². The second-order valence-corrected chi connectivity index (χ2v) is 6.58. The first-order valence-corrected chi connectivity index (χ1v) is 6.24. The van der Waals surface area contributed by atoms with Gasteiger partial charge in [0, 0.05) is 17.3 Å². The van der Waals surface area contributed by atoms with E-state index in [0.29, 0.717) is 0 Å². The zero-order valence-corrected chi connectivity index (χ0v) is 9.82. The van der Waals surface area contributed by atoms with Crippen molar-refractivity contribution in [3.63, 3.8) is 0 Å². The Morgan fingerprint density at radius 1 is 1.31 bits per heavy atom. The Hall–Kier alpha value is 0.01000. The number of benzene rings is 1. The molecule has 1 aromatic rings. The summed E-state index contributed by atoms with van der Waals surface area (Å²) < 4.78 is 13.0. The molecule has 3 heteroatoms. The van der Waals surface area contributed by atoms with Gasteiger partial charge in [0.1, 0.15) is 4.75 Å². The van der Waals surface area contributed by atoms with Crippen LogP contribution in [0.1, 0.15) is 19.8 Å². The van der Waals surface area contributed by atoms with Crippen molar-refractivity contribution in [2.24, 2.45) is 0 Å². The molecule has 0 spiro atoms. The van der Waals surface area contributed by atoms with Crippen molar-refractivity contribution in [3.05, 3.63) is 28.7 Å². The monoisotopic (exact) mass is 258 g/mol. The largest absolute Gasteiger partial charge is 0.611 e. The molecule has 1 nitrogen and oxygen atoms in total. The van der Waals surface area contributed by atoms with Gasteiger partial charge < -0.3 is 4.55 Å². The van der Waals surface area contributed by atoms with Gasteiger partial charge in [-0.1, -0.05) is 15.9 Å². The molecule has 1 aromatic carbocycles. The van der Waals surface area contributed by atoms with E-state index in [2.05, 4.69) is 22.9 Å². The lowest BCUT2D eigenvalue weighted by Gasteiger charge is -2.16. The molecule has 2 rings (SSSR count). The van der Waals surface area contributed by atoms with Crippen molar-refractivity contribution in [1.29, 1.82) is 0 Å². The Morgan fingerprint density at radius 2 is 1.85 bits per heavy atom. The number of hydrogen-bond donors (Lipinski definition) is 0. The van der Waals surface area contributed by atoms with Gasteiger partial charge in [-0.15, -0.1) is 0 Å². The molecule has 0 aromatic heterocycles. The van der Waals surface area contributed by atoms with Crippen LogP contribution in [0.25, 0.3) is 0 Å². The highest BCUT2D eigenvalue weighted by molar-refractivity contribution is 9.10. The first-order chi connectivity index (χ1) is 6.12. The molecule has 70 valence electrons. The van der Waals surface area contributed by atoms with Crippen LogP contribution in [0.3, 0.4) is 0 Å². The molecule has 0 bridgehead atoms. The molecule has 1 aliphatic rings. The van der Waals surface area contributed by atoms with Gasteiger partial charge in [0.15, 0.2) is 4.90 Å². The molecular formula is C10H11BrOS. The van der Waals surface area contributed by atoms with E-state index in [4.69, 9.17) is 0 Å². The summed E-state index contributed by atoms with van der Waals surface area (Å²) in [4.78, 5) is 0.947. The third kappa shape index (κ3) is 1.92. The van der Waals surface area contributed by atoms with Crippen LogP contribution < -0.4 is 0 Å². The predicted molar refractivity (Wildman–Crippen MR) is 58.2 cm³/mol. The van der Waals surface area contributed by atoms with E-state index in [1.54, 1.807) is 0 Å². The molecule has 0 aliphatic heterocycles. The molecule has 0 radical (unpaired) electrons. The lowest BCUT2D eigenvalue weighted by molar-refractivity contribution is 0.581. The molecule has 0 saturated heterocycles. The molecule has 0 amide bonds. The summed E-state index contributed by atoms with van der Waals surface area (Å²) in [6.07, 6.45) is 2.19. The van der Waals surface area contributed by atoms with E-state index in [9.17, 15) is 4.55 Å². The summed E-state index contributed by atoms with van der Waals surface area (Å²) >= 11 is 2.54. The first kappa shape index (κ1) is 9.56. The van der Waals surface area contributed by atoms with E-state index in [1.807, 2.05) is 24.3 Å². The Morgan fingerprint density at radius 3 is 2.31 bits per heavy atom. The molecule has 1 atom stereocenters. The van der Waals surface area contributed by atoms with Gasteiger partial charge in [0.25, 0.3) is 0 Å². The normalized spacial score (nSPS) is 21.2. The molecule has 0 N–H and O–H groups in total.